The quantitative estimate of drug-likeness (QED) is 0.546. The number of nitriles is 1. The minimum Gasteiger partial charge on any atom is -0.493 e. The zero-order valence-corrected chi connectivity index (χ0v) is 18.8. The van der Waals surface area contributed by atoms with Gasteiger partial charge in [0.25, 0.3) is 12.3 Å². The van der Waals surface area contributed by atoms with Crippen LogP contribution in [0.5, 0.6) is 5.75 Å². The number of anilines is 1. The monoisotopic (exact) mass is 483 g/mol. The highest BCUT2D eigenvalue weighted by Crippen LogP contribution is 2.38. The summed E-state index contributed by atoms with van der Waals surface area (Å²) in [4.78, 5) is 32.9. The van der Waals surface area contributed by atoms with Crippen molar-refractivity contribution in [3.8, 4) is 23.2 Å². The lowest BCUT2D eigenvalue weighted by Crippen LogP contribution is -2.33. The van der Waals surface area contributed by atoms with E-state index in [1.165, 1.54) is 12.1 Å². The lowest BCUT2D eigenvalue weighted by atomic mass is 9.78. The molecule has 2 aromatic heterocycles. The number of carbonyl (C=O) groups is 2. The van der Waals surface area contributed by atoms with Crippen molar-refractivity contribution >= 4 is 28.3 Å². The van der Waals surface area contributed by atoms with Gasteiger partial charge in [-0.15, -0.1) is 11.3 Å². The molecule has 0 bridgehead atoms. The number of rotatable bonds is 6. The molecule has 2 amide bonds. The highest BCUT2D eigenvalue weighted by Gasteiger charge is 2.34. The molecule has 2 N–H and O–H groups in total. The molecule has 3 aromatic rings. The molecule has 1 aliphatic heterocycles. The van der Waals surface area contributed by atoms with Gasteiger partial charge in [-0.25, -0.2) is 18.7 Å². The molecule has 174 valence electrons. The number of nitrogens with zero attached hydrogens (tertiary/aromatic N) is 3. The Morgan fingerprint density at radius 3 is 2.85 bits per heavy atom. The second-order valence-electron chi connectivity index (χ2n) is 7.77. The summed E-state index contributed by atoms with van der Waals surface area (Å²) >= 11 is 1.11. The SMILES string of the molecule is C[C@]1(C#N)CCOc2ccc(C(=O)NCC(=O)Nc3nc(-c4cccc(C(F)F)n4)cs3)cc21. The summed E-state index contributed by atoms with van der Waals surface area (Å²) in [5.74, 6) is -0.416. The van der Waals surface area contributed by atoms with Crippen LogP contribution in [0.15, 0.2) is 41.8 Å². The van der Waals surface area contributed by atoms with E-state index in [4.69, 9.17) is 4.74 Å². The molecular formula is C23H19F2N5O3S. The van der Waals surface area contributed by atoms with Crippen LogP contribution in [0.1, 0.15) is 41.4 Å². The number of benzene rings is 1. The van der Waals surface area contributed by atoms with Gasteiger partial charge in [0.1, 0.15) is 17.1 Å². The molecule has 11 heteroatoms. The Morgan fingerprint density at radius 2 is 2.09 bits per heavy atom. The number of hydrogen-bond acceptors (Lipinski definition) is 7. The van der Waals surface area contributed by atoms with Gasteiger partial charge < -0.3 is 15.4 Å². The maximum atomic E-state index is 12.9. The van der Waals surface area contributed by atoms with Crippen molar-refractivity contribution in [3.63, 3.8) is 0 Å². The molecule has 0 radical (unpaired) electrons. The van der Waals surface area contributed by atoms with Crippen molar-refractivity contribution in [1.29, 1.82) is 5.26 Å². The van der Waals surface area contributed by atoms with Crippen molar-refractivity contribution in [3.05, 3.63) is 58.6 Å². The molecule has 8 nitrogen and oxygen atoms in total. The molecule has 0 aliphatic carbocycles. The molecule has 1 atom stereocenters. The fraction of sp³-hybridized carbons (Fsp3) is 0.261. The van der Waals surface area contributed by atoms with Crippen LogP contribution >= 0.6 is 11.3 Å². The summed E-state index contributed by atoms with van der Waals surface area (Å²) < 4.78 is 31.3. The van der Waals surface area contributed by atoms with Gasteiger partial charge in [0.15, 0.2) is 5.13 Å². The van der Waals surface area contributed by atoms with Gasteiger partial charge in [-0.05, 0) is 37.3 Å². The summed E-state index contributed by atoms with van der Waals surface area (Å²) in [6.45, 7) is 1.91. The number of aromatic nitrogens is 2. The summed E-state index contributed by atoms with van der Waals surface area (Å²) in [6, 6.07) is 11.3. The predicted octanol–water partition coefficient (Wildman–Crippen LogP) is 4.07. The van der Waals surface area contributed by atoms with E-state index >= 15 is 0 Å². The lowest BCUT2D eigenvalue weighted by Gasteiger charge is -2.30. The molecular weight excluding hydrogens is 464 g/mol. The van der Waals surface area contributed by atoms with E-state index in [1.54, 1.807) is 36.6 Å². The van der Waals surface area contributed by atoms with Crippen LogP contribution in [0.25, 0.3) is 11.4 Å². The summed E-state index contributed by atoms with van der Waals surface area (Å²) in [5.41, 5.74) is 0.446. The fourth-order valence-corrected chi connectivity index (χ4v) is 4.16. The Balaban J connectivity index is 1.37. The first kappa shape index (κ1) is 23.3. The average molecular weight is 484 g/mol. The predicted molar refractivity (Wildman–Crippen MR) is 121 cm³/mol. The molecule has 34 heavy (non-hydrogen) atoms. The van der Waals surface area contributed by atoms with Crippen LogP contribution in [0.3, 0.4) is 0 Å². The highest BCUT2D eigenvalue weighted by atomic mass is 32.1. The highest BCUT2D eigenvalue weighted by molar-refractivity contribution is 7.14. The zero-order valence-electron chi connectivity index (χ0n) is 18.0. The standard InChI is InChI=1S/C23H19F2N5O3S/c1-23(12-26)7-8-33-18-6-5-13(9-14(18)23)21(32)27-10-19(31)30-22-29-17(11-34-22)15-3-2-4-16(28-15)20(24)25/h2-6,9,11,20H,7-8,10H2,1H3,(H,27,32)(H,29,30,31)/t23-/m1/s1. The molecule has 0 saturated carbocycles. The van der Waals surface area contributed by atoms with Crippen LogP contribution in [0.4, 0.5) is 13.9 Å². The molecule has 0 fully saturated rings. The third-order valence-corrected chi connectivity index (χ3v) is 6.12. The van der Waals surface area contributed by atoms with Gasteiger partial charge in [-0.2, -0.15) is 5.26 Å². The van der Waals surface area contributed by atoms with Crippen LogP contribution in [-0.2, 0) is 10.2 Å². The molecule has 0 saturated heterocycles. The van der Waals surface area contributed by atoms with Crippen LogP contribution in [-0.4, -0.2) is 34.9 Å². The third-order valence-electron chi connectivity index (χ3n) is 5.36. The number of thiazole rings is 1. The van der Waals surface area contributed by atoms with E-state index in [2.05, 4.69) is 26.7 Å². The van der Waals surface area contributed by atoms with Gasteiger partial charge in [0.2, 0.25) is 5.91 Å². The number of fused-ring (bicyclic) bond motifs is 1. The van der Waals surface area contributed by atoms with Crippen LogP contribution in [0, 0.1) is 11.3 Å². The number of carbonyl (C=O) groups excluding carboxylic acids is 2. The molecule has 3 heterocycles. The van der Waals surface area contributed by atoms with Crippen molar-refractivity contribution in [1.82, 2.24) is 15.3 Å². The smallest absolute Gasteiger partial charge is 0.280 e. The van der Waals surface area contributed by atoms with Crippen LogP contribution in [0.2, 0.25) is 0 Å². The summed E-state index contributed by atoms with van der Waals surface area (Å²) in [6.07, 6.45) is -2.18. The molecule has 4 rings (SSSR count). The normalized spacial score (nSPS) is 16.8. The topological polar surface area (TPSA) is 117 Å². The van der Waals surface area contributed by atoms with Gasteiger partial charge in [0, 0.05) is 22.9 Å². The summed E-state index contributed by atoms with van der Waals surface area (Å²) in [7, 11) is 0. The largest absolute Gasteiger partial charge is 0.493 e. The zero-order chi connectivity index (χ0) is 24.3. The van der Waals surface area contributed by atoms with E-state index in [0.29, 0.717) is 35.6 Å². The third kappa shape index (κ3) is 4.87. The number of alkyl halides is 2. The number of hydrogen-bond donors (Lipinski definition) is 2. The van der Waals surface area contributed by atoms with Crippen molar-refractivity contribution < 1.29 is 23.1 Å². The first-order valence-corrected chi connectivity index (χ1v) is 11.1. The first-order valence-electron chi connectivity index (χ1n) is 10.3. The minimum atomic E-state index is -2.70. The van der Waals surface area contributed by atoms with Gasteiger partial charge in [-0.1, -0.05) is 6.07 Å². The Hall–Kier alpha value is -3.91. The Bertz CT molecular complexity index is 1290. The van der Waals surface area contributed by atoms with Crippen molar-refractivity contribution in [2.24, 2.45) is 0 Å². The molecule has 1 aromatic carbocycles. The maximum Gasteiger partial charge on any atom is 0.280 e. The molecule has 0 spiro atoms. The number of amides is 2. The van der Waals surface area contributed by atoms with Crippen molar-refractivity contribution in [2.45, 2.75) is 25.2 Å². The molecule has 1 aliphatic rings. The lowest BCUT2D eigenvalue weighted by molar-refractivity contribution is -0.115. The Labute approximate surface area is 197 Å². The average Bonchev–Trinajstić information content (AvgIpc) is 3.31. The van der Waals surface area contributed by atoms with E-state index in [-0.39, 0.29) is 23.1 Å². The van der Waals surface area contributed by atoms with Gasteiger partial charge in [-0.3, -0.25) is 9.59 Å². The minimum absolute atomic E-state index is 0.245. The number of halogens is 2. The molecule has 0 unspecified atom stereocenters. The number of nitrogens with one attached hydrogen (secondary N) is 2. The first-order chi connectivity index (χ1) is 16.3. The van der Waals surface area contributed by atoms with Crippen LogP contribution < -0.4 is 15.4 Å². The summed E-state index contributed by atoms with van der Waals surface area (Å²) in [5, 5.41) is 16.5. The second kappa shape index (κ2) is 9.52. The van der Waals surface area contributed by atoms with E-state index in [9.17, 15) is 23.6 Å². The van der Waals surface area contributed by atoms with Crippen molar-refractivity contribution in [2.75, 3.05) is 18.5 Å². The van der Waals surface area contributed by atoms with Gasteiger partial charge >= 0.3 is 0 Å². The maximum absolute atomic E-state index is 12.9. The second-order valence-corrected chi connectivity index (χ2v) is 8.63. The number of ether oxygens (including phenoxy) is 1. The Kier molecular flexibility index (Phi) is 6.51. The fourth-order valence-electron chi connectivity index (χ4n) is 3.43. The van der Waals surface area contributed by atoms with E-state index in [0.717, 1.165) is 11.3 Å². The number of pyridine rings is 1. The van der Waals surface area contributed by atoms with Gasteiger partial charge in [0.05, 0.1) is 30.3 Å². The van der Waals surface area contributed by atoms with E-state index < -0.39 is 23.7 Å². The Morgan fingerprint density at radius 1 is 1.26 bits per heavy atom. The van der Waals surface area contributed by atoms with E-state index in [1.807, 2.05) is 0 Å².